The van der Waals surface area contributed by atoms with Crippen LogP contribution in [0.25, 0.3) is 10.9 Å². The number of benzene rings is 2. The first-order chi connectivity index (χ1) is 16.7. The Morgan fingerprint density at radius 3 is 2.71 bits per heavy atom. The van der Waals surface area contributed by atoms with Gasteiger partial charge in [0.15, 0.2) is 0 Å². The van der Waals surface area contributed by atoms with Gasteiger partial charge in [-0.15, -0.1) is 0 Å². The zero-order valence-electron chi connectivity index (χ0n) is 20.4. The molecule has 35 heavy (non-hydrogen) atoms. The SMILES string of the molecule is CC1CCCCN1CCCNC(=O)CC(c1cccc(C(F)(F)F)c1)c1cn(C)c2ccccc12. The standard InChI is InChI=1S/C28H34F3N3O/c1-20-9-5-6-15-34(20)16-8-14-32-27(35)18-24(21-10-7-11-22(17-21)28(29,30)31)25-19-33(2)26-13-4-3-12-23(25)26/h3-4,7,10-13,17,19-20,24H,5-6,8-9,14-16,18H2,1-2H3,(H,32,35). The number of fused-ring (bicyclic) bond motifs is 1. The molecule has 0 bridgehead atoms. The van der Waals surface area contributed by atoms with Crippen LogP contribution in [0, 0.1) is 0 Å². The van der Waals surface area contributed by atoms with Crippen molar-refractivity contribution >= 4 is 16.8 Å². The van der Waals surface area contributed by atoms with Gasteiger partial charge in [0, 0.05) is 55.6 Å². The molecule has 1 aromatic heterocycles. The van der Waals surface area contributed by atoms with Gasteiger partial charge in [-0.3, -0.25) is 4.79 Å². The highest BCUT2D eigenvalue weighted by atomic mass is 19.4. The quantitative estimate of drug-likeness (QED) is 0.392. The number of carbonyl (C=O) groups is 1. The summed E-state index contributed by atoms with van der Waals surface area (Å²) >= 11 is 0. The summed E-state index contributed by atoms with van der Waals surface area (Å²) in [5.74, 6) is -0.627. The Kier molecular flexibility index (Phi) is 7.85. The van der Waals surface area contributed by atoms with Crippen molar-refractivity contribution in [3.8, 4) is 0 Å². The second-order valence-electron chi connectivity index (χ2n) is 9.68. The lowest BCUT2D eigenvalue weighted by atomic mass is 9.87. The Morgan fingerprint density at radius 2 is 1.94 bits per heavy atom. The van der Waals surface area contributed by atoms with Gasteiger partial charge in [0.25, 0.3) is 0 Å². The van der Waals surface area contributed by atoms with Crippen molar-refractivity contribution < 1.29 is 18.0 Å². The number of nitrogens with zero attached hydrogens (tertiary/aromatic N) is 2. The fraction of sp³-hybridized carbons (Fsp3) is 0.464. The summed E-state index contributed by atoms with van der Waals surface area (Å²) < 4.78 is 42.3. The number of alkyl halides is 3. The van der Waals surface area contributed by atoms with E-state index in [0.717, 1.165) is 42.0 Å². The van der Waals surface area contributed by atoms with E-state index in [0.29, 0.717) is 18.2 Å². The summed E-state index contributed by atoms with van der Waals surface area (Å²) in [5.41, 5.74) is 1.64. The van der Waals surface area contributed by atoms with Crippen molar-refractivity contribution in [2.45, 2.75) is 57.2 Å². The van der Waals surface area contributed by atoms with Gasteiger partial charge in [0.05, 0.1) is 5.56 Å². The minimum atomic E-state index is -4.44. The zero-order valence-corrected chi connectivity index (χ0v) is 20.4. The Hall–Kier alpha value is -2.80. The van der Waals surface area contributed by atoms with Crippen LogP contribution in [0.2, 0.25) is 0 Å². The molecule has 1 aliphatic heterocycles. The lowest BCUT2D eigenvalue weighted by Gasteiger charge is -2.33. The first kappa shape index (κ1) is 25.3. The van der Waals surface area contributed by atoms with Gasteiger partial charge in [-0.1, -0.05) is 42.8 Å². The first-order valence-electron chi connectivity index (χ1n) is 12.5. The largest absolute Gasteiger partial charge is 0.416 e. The Balaban J connectivity index is 1.52. The third-order valence-corrected chi connectivity index (χ3v) is 7.19. The van der Waals surface area contributed by atoms with Crippen molar-refractivity contribution in [3.63, 3.8) is 0 Å². The number of hydrogen-bond acceptors (Lipinski definition) is 2. The monoisotopic (exact) mass is 485 g/mol. The lowest BCUT2D eigenvalue weighted by molar-refractivity contribution is -0.137. The molecule has 2 aromatic carbocycles. The van der Waals surface area contributed by atoms with Crippen LogP contribution in [0.4, 0.5) is 13.2 Å². The Morgan fingerprint density at radius 1 is 1.14 bits per heavy atom. The zero-order chi connectivity index (χ0) is 25.0. The molecular weight excluding hydrogens is 451 g/mol. The van der Waals surface area contributed by atoms with Crippen LogP contribution in [-0.4, -0.2) is 41.1 Å². The van der Waals surface area contributed by atoms with Crippen molar-refractivity contribution in [3.05, 3.63) is 71.4 Å². The molecule has 7 heteroatoms. The minimum absolute atomic E-state index is 0.0927. The summed E-state index contributed by atoms with van der Waals surface area (Å²) in [4.78, 5) is 15.5. The second-order valence-corrected chi connectivity index (χ2v) is 9.68. The highest BCUT2D eigenvalue weighted by Crippen LogP contribution is 2.37. The van der Waals surface area contributed by atoms with Crippen LogP contribution in [0.5, 0.6) is 0 Å². The number of halogens is 3. The molecule has 1 fully saturated rings. The number of hydrogen-bond donors (Lipinski definition) is 1. The van der Waals surface area contributed by atoms with E-state index in [1.165, 1.54) is 31.4 Å². The van der Waals surface area contributed by atoms with E-state index < -0.39 is 17.7 Å². The highest BCUT2D eigenvalue weighted by Gasteiger charge is 2.32. The van der Waals surface area contributed by atoms with Gasteiger partial charge < -0.3 is 14.8 Å². The average molecular weight is 486 g/mol. The summed E-state index contributed by atoms with van der Waals surface area (Å²) in [6.45, 7) is 4.87. The number of amides is 1. The van der Waals surface area contributed by atoms with Crippen LogP contribution < -0.4 is 5.32 Å². The number of nitrogens with one attached hydrogen (secondary N) is 1. The van der Waals surface area contributed by atoms with E-state index >= 15 is 0 Å². The van der Waals surface area contributed by atoms with Crippen molar-refractivity contribution in [1.29, 1.82) is 0 Å². The lowest BCUT2D eigenvalue weighted by Crippen LogP contribution is -2.39. The second kappa shape index (κ2) is 10.9. The molecule has 1 aliphatic rings. The van der Waals surface area contributed by atoms with Crippen LogP contribution in [0.1, 0.15) is 61.6 Å². The predicted molar refractivity (Wildman–Crippen MR) is 133 cm³/mol. The van der Waals surface area contributed by atoms with Crippen molar-refractivity contribution in [1.82, 2.24) is 14.8 Å². The topological polar surface area (TPSA) is 37.3 Å². The molecule has 3 aromatic rings. The fourth-order valence-electron chi connectivity index (χ4n) is 5.25. The molecular formula is C28H34F3N3O. The van der Waals surface area contributed by atoms with E-state index in [1.54, 1.807) is 6.07 Å². The van der Waals surface area contributed by atoms with Gasteiger partial charge in [-0.2, -0.15) is 13.2 Å². The van der Waals surface area contributed by atoms with Crippen LogP contribution >= 0.6 is 0 Å². The Labute approximate surface area is 205 Å². The number of likely N-dealkylation sites (tertiary alicyclic amines) is 1. The van der Waals surface area contributed by atoms with E-state index in [1.807, 2.05) is 42.1 Å². The summed E-state index contributed by atoms with van der Waals surface area (Å²) in [6.07, 6.45) is 2.16. The van der Waals surface area contributed by atoms with Crippen molar-refractivity contribution in [2.24, 2.45) is 7.05 Å². The van der Waals surface area contributed by atoms with Gasteiger partial charge in [0.1, 0.15) is 0 Å². The van der Waals surface area contributed by atoms with E-state index in [4.69, 9.17) is 0 Å². The van der Waals surface area contributed by atoms with Crippen LogP contribution in [0.3, 0.4) is 0 Å². The maximum atomic E-state index is 13.5. The molecule has 2 heterocycles. The number of aryl methyl sites for hydroxylation is 1. The van der Waals surface area contributed by atoms with E-state index in [9.17, 15) is 18.0 Å². The maximum Gasteiger partial charge on any atom is 0.416 e. The fourth-order valence-corrected chi connectivity index (χ4v) is 5.25. The van der Waals surface area contributed by atoms with Gasteiger partial charge in [-0.25, -0.2) is 0 Å². The molecule has 0 aliphatic carbocycles. The normalized spacial score (nSPS) is 18.0. The third-order valence-electron chi connectivity index (χ3n) is 7.19. The molecule has 1 amide bonds. The molecule has 2 unspecified atom stereocenters. The van der Waals surface area contributed by atoms with Gasteiger partial charge in [-0.05, 0) is 56.0 Å². The average Bonchev–Trinajstić information content (AvgIpc) is 3.17. The Bertz CT molecular complexity index is 1150. The number of piperidine rings is 1. The molecule has 1 saturated heterocycles. The maximum absolute atomic E-state index is 13.5. The molecule has 1 N–H and O–H groups in total. The third kappa shape index (κ3) is 6.07. The van der Waals surface area contributed by atoms with E-state index in [2.05, 4.69) is 17.1 Å². The molecule has 4 rings (SSSR count). The summed E-state index contributed by atoms with van der Waals surface area (Å²) in [5, 5.41) is 3.96. The first-order valence-corrected chi connectivity index (χ1v) is 12.5. The molecule has 0 spiro atoms. The molecule has 188 valence electrons. The summed E-state index contributed by atoms with van der Waals surface area (Å²) in [6, 6.07) is 13.7. The van der Waals surface area contributed by atoms with E-state index in [-0.39, 0.29) is 12.3 Å². The van der Waals surface area contributed by atoms with Crippen LogP contribution in [-0.2, 0) is 18.0 Å². The molecule has 0 radical (unpaired) electrons. The number of aromatic nitrogens is 1. The van der Waals surface area contributed by atoms with Gasteiger partial charge >= 0.3 is 6.18 Å². The number of para-hydroxylation sites is 1. The minimum Gasteiger partial charge on any atom is -0.356 e. The summed E-state index contributed by atoms with van der Waals surface area (Å²) in [7, 11) is 1.91. The molecule has 4 nitrogen and oxygen atoms in total. The van der Waals surface area contributed by atoms with Gasteiger partial charge in [0.2, 0.25) is 5.91 Å². The van der Waals surface area contributed by atoms with Crippen LogP contribution in [0.15, 0.2) is 54.7 Å². The molecule has 2 atom stereocenters. The predicted octanol–water partition coefficient (Wildman–Crippen LogP) is 6.10. The highest BCUT2D eigenvalue weighted by molar-refractivity contribution is 5.86. The molecule has 0 saturated carbocycles. The number of rotatable bonds is 8. The smallest absolute Gasteiger partial charge is 0.356 e. The number of carbonyl (C=O) groups excluding carboxylic acids is 1. The van der Waals surface area contributed by atoms with Crippen molar-refractivity contribution in [2.75, 3.05) is 19.6 Å².